The van der Waals surface area contributed by atoms with Gasteiger partial charge in [0.05, 0.1) is 7.11 Å². The Hall–Kier alpha value is -2.57. The van der Waals surface area contributed by atoms with E-state index in [1.807, 2.05) is 6.08 Å². The number of allylic oxidation sites excluding steroid dienone is 1. The fourth-order valence-corrected chi connectivity index (χ4v) is 2.38. The van der Waals surface area contributed by atoms with E-state index < -0.39 is 5.41 Å². The summed E-state index contributed by atoms with van der Waals surface area (Å²) in [5, 5.41) is 5.91. The van der Waals surface area contributed by atoms with Crippen LogP contribution in [0.3, 0.4) is 0 Å². The number of esters is 1. The second-order valence-corrected chi connectivity index (χ2v) is 6.06. The van der Waals surface area contributed by atoms with E-state index in [0.717, 1.165) is 13.1 Å². The van der Waals surface area contributed by atoms with Gasteiger partial charge in [-0.05, 0) is 36.3 Å². The van der Waals surface area contributed by atoms with Crippen LogP contribution in [0.25, 0.3) is 10.8 Å². The molecule has 24 heavy (non-hydrogen) atoms. The molecule has 1 N–H and O–H groups in total. The summed E-state index contributed by atoms with van der Waals surface area (Å²) in [7, 11) is 1.37. The molecule has 0 aliphatic heterocycles. The number of methoxy groups -OCH3 is 1. The molecule has 0 aliphatic carbocycles. The summed E-state index contributed by atoms with van der Waals surface area (Å²) in [5.41, 5.74) is 0.495. The Labute approximate surface area is 143 Å². The first-order chi connectivity index (χ1) is 11.5. The second kappa shape index (κ2) is 8.33. The maximum atomic E-state index is 11.5. The summed E-state index contributed by atoms with van der Waals surface area (Å²) < 4.78 is 4.72. The molecule has 0 spiro atoms. The van der Waals surface area contributed by atoms with E-state index in [1.54, 1.807) is 19.9 Å². The number of hydrogen-bond acceptors (Lipinski definition) is 3. The van der Waals surface area contributed by atoms with Gasteiger partial charge in [0.25, 0.3) is 0 Å². The van der Waals surface area contributed by atoms with Crippen molar-refractivity contribution >= 4 is 16.7 Å². The summed E-state index contributed by atoms with van der Waals surface area (Å²) in [6, 6.07) is 14.7. The lowest BCUT2D eigenvalue weighted by Gasteiger charge is -2.12. The lowest BCUT2D eigenvalue weighted by Crippen LogP contribution is -2.23. The summed E-state index contributed by atoms with van der Waals surface area (Å²) in [6.07, 6.45) is 3.71. The summed E-state index contributed by atoms with van der Waals surface area (Å²) in [4.78, 5) is 11.5. The van der Waals surface area contributed by atoms with Crippen molar-refractivity contribution in [3.8, 4) is 11.8 Å². The molecule has 2 aromatic rings. The quantitative estimate of drug-likeness (QED) is 0.518. The van der Waals surface area contributed by atoms with Gasteiger partial charge in [-0.2, -0.15) is 0 Å². The average Bonchev–Trinajstić information content (AvgIpc) is 2.60. The number of ether oxygens (including phenoxy) is 1. The molecule has 0 unspecified atom stereocenters. The lowest BCUT2D eigenvalue weighted by molar-refractivity contribution is -0.147. The van der Waals surface area contributed by atoms with Gasteiger partial charge in [0.15, 0.2) is 0 Å². The molecule has 124 valence electrons. The van der Waals surface area contributed by atoms with Crippen molar-refractivity contribution in [2.75, 3.05) is 13.7 Å². The Morgan fingerprint density at radius 1 is 1.21 bits per heavy atom. The second-order valence-electron chi connectivity index (χ2n) is 6.06. The number of carbonyl (C=O) groups is 1. The van der Waals surface area contributed by atoms with Gasteiger partial charge < -0.3 is 10.1 Å². The maximum Gasteiger partial charge on any atom is 0.323 e. The van der Waals surface area contributed by atoms with Crippen LogP contribution in [-0.4, -0.2) is 19.6 Å². The van der Waals surface area contributed by atoms with E-state index in [-0.39, 0.29) is 5.97 Å². The van der Waals surface area contributed by atoms with Gasteiger partial charge in [0.1, 0.15) is 5.41 Å². The fourth-order valence-electron chi connectivity index (χ4n) is 2.38. The predicted molar refractivity (Wildman–Crippen MR) is 98.4 cm³/mol. The van der Waals surface area contributed by atoms with Crippen molar-refractivity contribution in [2.24, 2.45) is 5.41 Å². The molecule has 2 rings (SSSR count). The molecule has 0 saturated heterocycles. The Balaban J connectivity index is 1.86. The Morgan fingerprint density at radius 2 is 1.96 bits per heavy atom. The molecule has 3 nitrogen and oxygen atoms in total. The third-order valence-corrected chi connectivity index (χ3v) is 3.74. The number of rotatable bonds is 5. The van der Waals surface area contributed by atoms with Crippen molar-refractivity contribution in [2.45, 2.75) is 20.4 Å². The van der Waals surface area contributed by atoms with Gasteiger partial charge in [0, 0.05) is 13.1 Å². The smallest absolute Gasteiger partial charge is 0.323 e. The van der Waals surface area contributed by atoms with Crippen molar-refractivity contribution in [1.82, 2.24) is 5.32 Å². The summed E-state index contributed by atoms with van der Waals surface area (Å²) >= 11 is 0. The van der Waals surface area contributed by atoms with Crippen LogP contribution in [0, 0.1) is 17.3 Å². The fraction of sp³-hybridized carbons (Fsp3) is 0.286. The van der Waals surface area contributed by atoms with Crippen molar-refractivity contribution in [1.29, 1.82) is 0 Å². The van der Waals surface area contributed by atoms with Crippen LogP contribution in [0.4, 0.5) is 0 Å². The van der Waals surface area contributed by atoms with Gasteiger partial charge in [-0.15, -0.1) is 0 Å². The highest BCUT2D eigenvalue weighted by Crippen LogP contribution is 2.18. The normalized spacial score (nSPS) is 11.3. The molecule has 0 heterocycles. The molecule has 3 heteroatoms. The highest BCUT2D eigenvalue weighted by Gasteiger charge is 2.25. The van der Waals surface area contributed by atoms with E-state index in [2.05, 4.69) is 59.6 Å². The Morgan fingerprint density at radius 3 is 2.75 bits per heavy atom. The summed E-state index contributed by atoms with van der Waals surface area (Å²) in [6.45, 7) is 5.01. The molecule has 0 amide bonds. The van der Waals surface area contributed by atoms with Crippen LogP contribution in [0.1, 0.15) is 19.4 Å². The van der Waals surface area contributed by atoms with Crippen molar-refractivity contribution in [3.63, 3.8) is 0 Å². The number of hydrogen-bond donors (Lipinski definition) is 1. The molecule has 0 saturated carbocycles. The van der Waals surface area contributed by atoms with Gasteiger partial charge in [0.2, 0.25) is 0 Å². The number of fused-ring (bicyclic) bond motifs is 1. The molecule has 0 aliphatic rings. The zero-order valence-corrected chi connectivity index (χ0v) is 14.4. The molecule has 2 aromatic carbocycles. The molecule has 0 bridgehead atoms. The van der Waals surface area contributed by atoms with E-state index >= 15 is 0 Å². The number of nitrogens with one attached hydrogen (secondary N) is 1. The van der Waals surface area contributed by atoms with Gasteiger partial charge in [-0.25, -0.2) is 0 Å². The van der Waals surface area contributed by atoms with E-state index in [4.69, 9.17) is 4.74 Å². The minimum Gasteiger partial charge on any atom is -0.468 e. The zero-order chi connectivity index (χ0) is 17.4. The minimum atomic E-state index is -0.782. The monoisotopic (exact) mass is 321 g/mol. The molecular weight excluding hydrogens is 298 g/mol. The predicted octanol–water partition coefficient (Wildman–Crippen LogP) is 3.69. The van der Waals surface area contributed by atoms with Gasteiger partial charge in [-0.1, -0.05) is 60.4 Å². The first-order valence-corrected chi connectivity index (χ1v) is 7.98. The first kappa shape index (κ1) is 17.8. The van der Waals surface area contributed by atoms with Crippen LogP contribution in [0.5, 0.6) is 0 Å². The molecule has 0 aromatic heterocycles. The third kappa shape index (κ3) is 4.71. The molecular formula is C21H23NO2. The molecule has 0 atom stereocenters. The molecule has 0 fully saturated rings. The van der Waals surface area contributed by atoms with Crippen molar-refractivity contribution in [3.05, 3.63) is 60.2 Å². The van der Waals surface area contributed by atoms with Crippen LogP contribution in [0.2, 0.25) is 0 Å². The third-order valence-electron chi connectivity index (χ3n) is 3.74. The van der Waals surface area contributed by atoms with Gasteiger partial charge >= 0.3 is 5.97 Å². The minimum absolute atomic E-state index is 0.322. The van der Waals surface area contributed by atoms with Gasteiger partial charge in [-0.3, -0.25) is 4.79 Å². The highest BCUT2D eigenvalue weighted by atomic mass is 16.5. The lowest BCUT2D eigenvalue weighted by atomic mass is 9.95. The van der Waals surface area contributed by atoms with E-state index in [1.165, 1.54) is 23.4 Å². The molecule has 0 radical (unpaired) electrons. The number of benzene rings is 2. The van der Waals surface area contributed by atoms with Crippen LogP contribution in [-0.2, 0) is 16.1 Å². The SMILES string of the molecule is COC(=O)C(C)(C)C#C/C=C/CNCc1cccc2ccccc12. The maximum absolute atomic E-state index is 11.5. The summed E-state index contributed by atoms with van der Waals surface area (Å²) in [5.74, 6) is 5.48. The van der Waals surface area contributed by atoms with Crippen molar-refractivity contribution < 1.29 is 9.53 Å². The highest BCUT2D eigenvalue weighted by molar-refractivity contribution is 5.85. The first-order valence-electron chi connectivity index (χ1n) is 7.98. The topological polar surface area (TPSA) is 38.3 Å². The van der Waals surface area contributed by atoms with E-state index in [9.17, 15) is 4.79 Å². The van der Waals surface area contributed by atoms with Crippen LogP contribution < -0.4 is 5.32 Å². The Kier molecular flexibility index (Phi) is 6.17. The standard InChI is InChI=1S/C21H23NO2/c1-21(2,20(23)24-3)14-7-4-8-15-22-16-18-12-9-11-17-10-5-6-13-19(17)18/h4-6,8-13,22H,15-16H2,1-3H3/b8-4+. The number of carbonyl (C=O) groups excluding carboxylic acids is 1. The average molecular weight is 321 g/mol. The largest absolute Gasteiger partial charge is 0.468 e. The van der Waals surface area contributed by atoms with Crippen LogP contribution >= 0.6 is 0 Å². The van der Waals surface area contributed by atoms with E-state index in [0.29, 0.717) is 0 Å². The zero-order valence-electron chi connectivity index (χ0n) is 14.4. The Bertz CT molecular complexity index is 789. The van der Waals surface area contributed by atoms with Crippen LogP contribution in [0.15, 0.2) is 54.6 Å².